The fraction of sp³-hybridized carbons (Fsp3) is 0.462. The molecule has 1 aromatic rings. The zero-order valence-corrected chi connectivity index (χ0v) is 10.6. The SMILES string of the molecule is CN(Cc1ccc(F)c(F)c1)C(=O)C1COCC1N. The molecule has 4 nitrogen and oxygen atoms in total. The van der Waals surface area contributed by atoms with Gasteiger partial charge in [-0.05, 0) is 17.7 Å². The highest BCUT2D eigenvalue weighted by molar-refractivity contribution is 5.79. The van der Waals surface area contributed by atoms with Crippen molar-refractivity contribution in [2.75, 3.05) is 20.3 Å². The lowest BCUT2D eigenvalue weighted by molar-refractivity contribution is -0.135. The lowest BCUT2D eigenvalue weighted by Gasteiger charge is -2.22. The quantitative estimate of drug-likeness (QED) is 0.887. The van der Waals surface area contributed by atoms with E-state index in [9.17, 15) is 13.6 Å². The van der Waals surface area contributed by atoms with Gasteiger partial charge in [0.1, 0.15) is 0 Å². The highest BCUT2D eigenvalue weighted by atomic mass is 19.2. The van der Waals surface area contributed by atoms with Crippen LogP contribution in [0.4, 0.5) is 8.78 Å². The van der Waals surface area contributed by atoms with E-state index in [1.807, 2.05) is 0 Å². The molecule has 2 rings (SSSR count). The standard InChI is InChI=1S/C13H16F2N2O2/c1-17(13(18)9-6-19-7-12(9)16)5-8-2-3-10(14)11(15)4-8/h2-4,9,12H,5-7,16H2,1H3. The first-order valence-corrected chi connectivity index (χ1v) is 6.01. The Morgan fingerprint density at radius 2 is 2.16 bits per heavy atom. The fourth-order valence-electron chi connectivity index (χ4n) is 2.10. The second kappa shape index (κ2) is 5.63. The summed E-state index contributed by atoms with van der Waals surface area (Å²) in [5.41, 5.74) is 6.30. The molecule has 0 saturated carbocycles. The van der Waals surface area contributed by atoms with Crippen LogP contribution in [-0.2, 0) is 16.1 Å². The van der Waals surface area contributed by atoms with Crippen molar-refractivity contribution in [1.29, 1.82) is 0 Å². The number of nitrogens with two attached hydrogens (primary N) is 1. The van der Waals surface area contributed by atoms with Crippen molar-refractivity contribution in [2.45, 2.75) is 12.6 Å². The number of amides is 1. The first kappa shape index (κ1) is 13.9. The fourth-order valence-corrected chi connectivity index (χ4v) is 2.10. The maximum absolute atomic E-state index is 13.1. The van der Waals surface area contributed by atoms with E-state index >= 15 is 0 Å². The molecule has 19 heavy (non-hydrogen) atoms. The first-order valence-electron chi connectivity index (χ1n) is 6.01. The Bertz CT molecular complexity index is 482. The molecule has 1 fully saturated rings. The molecule has 1 aliphatic heterocycles. The molecule has 0 radical (unpaired) electrons. The lowest BCUT2D eigenvalue weighted by Crippen LogP contribution is -2.41. The highest BCUT2D eigenvalue weighted by Gasteiger charge is 2.33. The highest BCUT2D eigenvalue weighted by Crippen LogP contribution is 2.16. The molecule has 0 aromatic heterocycles. The van der Waals surface area contributed by atoms with Crippen molar-refractivity contribution < 1.29 is 18.3 Å². The molecule has 1 aromatic carbocycles. The number of hydrogen-bond donors (Lipinski definition) is 1. The zero-order chi connectivity index (χ0) is 14.0. The maximum Gasteiger partial charge on any atom is 0.229 e. The van der Waals surface area contributed by atoms with E-state index in [1.54, 1.807) is 7.05 Å². The van der Waals surface area contributed by atoms with Crippen LogP contribution in [0.5, 0.6) is 0 Å². The van der Waals surface area contributed by atoms with Crippen LogP contribution in [0.1, 0.15) is 5.56 Å². The van der Waals surface area contributed by atoms with Gasteiger partial charge < -0.3 is 15.4 Å². The van der Waals surface area contributed by atoms with Crippen molar-refractivity contribution in [3.05, 3.63) is 35.4 Å². The van der Waals surface area contributed by atoms with E-state index in [4.69, 9.17) is 10.5 Å². The Morgan fingerprint density at radius 1 is 1.42 bits per heavy atom. The van der Waals surface area contributed by atoms with Crippen LogP contribution >= 0.6 is 0 Å². The number of carbonyl (C=O) groups excluding carboxylic acids is 1. The predicted molar refractivity (Wildman–Crippen MR) is 65.1 cm³/mol. The number of carbonyl (C=O) groups is 1. The number of rotatable bonds is 3. The van der Waals surface area contributed by atoms with Crippen molar-refractivity contribution in [1.82, 2.24) is 4.90 Å². The zero-order valence-electron chi connectivity index (χ0n) is 10.6. The van der Waals surface area contributed by atoms with Crippen LogP contribution < -0.4 is 5.73 Å². The van der Waals surface area contributed by atoms with Crippen LogP contribution in [0.25, 0.3) is 0 Å². The number of halogens is 2. The molecular weight excluding hydrogens is 254 g/mol. The third kappa shape index (κ3) is 3.08. The number of nitrogens with zero attached hydrogens (tertiary/aromatic N) is 1. The molecule has 1 aliphatic rings. The van der Waals surface area contributed by atoms with Crippen LogP contribution in [0, 0.1) is 17.6 Å². The molecule has 104 valence electrons. The van der Waals surface area contributed by atoms with Crippen LogP contribution in [0.2, 0.25) is 0 Å². The Morgan fingerprint density at radius 3 is 2.74 bits per heavy atom. The van der Waals surface area contributed by atoms with Gasteiger partial charge in [-0.25, -0.2) is 8.78 Å². The Kier molecular flexibility index (Phi) is 4.11. The predicted octanol–water partition coefficient (Wildman–Crippen LogP) is 0.897. The monoisotopic (exact) mass is 270 g/mol. The number of benzene rings is 1. The topological polar surface area (TPSA) is 55.6 Å². The van der Waals surface area contributed by atoms with Gasteiger partial charge in [-0.2, -0.15) is 0 Å². The van der Waals surface area contributed by atoms with Gasteiger partial charge in [0.05, 0.1) is 19.1 Å². The molecular formula is C13H16F2N2O2. The third-order valence-electron chi connectivity index (χ3n) is 3.22. The van der Waals surface area contributed by atoms with Crippen LogP contribution in [0.15, 0.2) is 18.2 Å². The van der Waals surface area contributed by atoms with Gasteiger partial charge in [-0.3, -0.25) is 4.79 Å². The average molecular weight is 270 g/mol. The summed E-state index contributed by atoms with van der Waals surface area (Å²) in [6.07, 6.45) is 0. The van der Waals surface area contributed by atoms with E-state index in [2.05, 4.69) is 0 Å². The van der Waals surface area contributed by atoms with Crippen molar-refractivity contribution in [3.63, 3.8) is 0 Å². The van der Waals surface area contributed by atoms with Crippen molar-refractivity contribution >= 4 is 5.91 Å². The molecule has 2 unspecified atom stereocenters. The van der Waals surface area contributed by atoms with Crippen LogP contribution in [0.3, 0.4) is 0 Å². The minimum Gasteiger partial charge on any atom is -0.379 e. The van der Waals surface area contributed by atoms with E-state index < -0.39 is 11.6 Å². The summed E-state index contributed by atoms with van der Waals surface area (Å²) in [4.78, 5) is 13.6. The molecule has 2 atom stereocenters. The molecule has 2 N–H and O–H groups in total. The van der Waals surface area contributed by atoms with E-state index in [0.29, 0.717) is 18.8 Å². The Hall–Kier alpha value is -1.53. The third-order valence-corrected chi connectivity index (χ3v) is 3.22. The second-order valence-electron chi connectivity index (χ2n) is 4.75. The van der Waals surface area contributed by atoms with E-state index in [-0.39, 0.29) is 24.4 Å². The minimum atomic E-state index is -0.917. The summed E-state index contributed by atoms with van der Waals surface area (Å²) in [5.74, 6) is -2.33. The minimum absolute atomic E-state index is 0.144. The lowest BCUT2D eigenvalue weighted by atomic mass is 10.0. The smallest absolute Gasteiger partial charge is 0.229 e. The number of ether oxygens (including phenoxy) is 1. The van der Waals surface area contributed by atoms with E-state index in [0.717, 1.165) is 12.1 Å². The summed E-state index contributed by atoms with van der Waals surface area (Å²) in [7, 11) is 1.61. The maximum atomic E-state index is 13.1. The summed E-state index contributed by atoms with van der Waals surface area (Å²) >= 11 is 0. The molecule has 0 bridgehead atoms. The Balaban J connectivity index is 2.01. The Labute approximate surface area is 110 Å². The van der Waals surface area contributed by atoms with Crippen molar-refractivity contribution in [3.8, 4) is 0 Å². The van der Waals surface area contributed by atoms with Gasteiger partial charge in [0, 0.05) is 19.6 Å². The van der Waals surface area contributed by atoms with Gasteiger partial charge in [-0.1, -0.05) is 6.07 Å². The normalized spacial score (nSPS) is 22.5. The van der Waals surface area contributed by atoms with Gasteiger partial charge in [0.15, 0.2) is 11.6 Å². The summed E-state index contributed by atoms with van der Waals surface area (Å²) in [6.45, 7) is 0.886. The van der Waals surface area contributed by atoms with Gasteiger partial charge in [0.25, 0.3) is 0 Å². The largest absolute Gasteiger partial charge is 0.379 e. The first-order chi connectivity index (χ1) is 8.99. The van der Waals surface area contributed by atoms with Crippen LogP contribution in [-0.4, -0.2) is 37.1 Å². The molecule has 6 heteroatoms. The van der Waals surface area contributed by atoms with Gasteiger partial charge >= 0.3 is 0 Å². The van der Waals surface area contributed by atoms with Gasteiger partial charge in [-0.15, -0.1) is 0 Å². The summed E-state index contributed by atoms with van der Waals surface area (Å²) < 4.78 is 31.0. The van der Waals surface area contributed by atoms with Gasteiger partial charge in [0.2, 0.25) is 5.91 Å². The number of hydrogen-bond acceptors (Lipinski definition) is 3. The summed E-state index contributed by atoms with van der Waals surface area (Å²) in [6, 6.07) is 3.28. The molecule has 0 spiro atoms. The summed E-state index contributed by atoms with van der Waals surface area (Å²) in [5, 5.41) is 0. The molecule has 1 saturated heterocycles. The van der Waals surface area contributed by atoms with Crippen molar-refractivity contribution in [2.24, 2.45) is 11.7 Å². The molecule has 0 aliphatic carbocycles. The van der Waals surface area contributed by atoms with E-state index in [1.165, 1.54) is 11.0 Å². The molecule has 1 amide bonds. The average Bonchev–Trinajstić information content (AvgIpc) is 2.79. The molecule has 1 heterocycles. The second-order valence-corrected chi connectivity index (χ2v) is 4.75.